The smallest absolute Gasteiger partial charge is 0.238 e. The number of carbonyl (C=O) groups is 2. The van der Waals surface area contributed by atoms with E-state index in [1.807, 2.05) is 48.0 Å². The van der Waals surface area contributed by atoms with E-state index in [-0.39, 0.29) is 23.7 Å². The van der Waals surface area contributed by atoms with E-state index in [2.05, 4.69) is 5.10 Å². The van der Waals surface area contributed by atoms with Gasteiger partial charge in [0.1, 0.15) is 0 Å². The molecule has 1 aliphatic heterocycles. The van der Waals surface area contributed by atoms with Crippen molar-refractivity contribution in [3.05, 3.63) is 47.7 Å². The first-order chi connectivity index (χ1) is 11.6. The molecule has 124 valence electrons. The fraction of sp³-hybridized carbons (Fsp3) is 0.421. The summed E-state index contributed by atoms with van der Waals surface area (Å²) < 4.78 is 1.85. The van der Waals surface area contributed by atoms with Gasteiger partial charge in [0.05, 0.1) is 18.4 Å². The van der Waals surface area contributed by atoms with Gasteiger partial charge in [0.2, 0.25) is 11.8 Å². The van der Waals surface area contributed by atoms with E-state index in [0.717, 1.165) is 36.9 Å². The van der Waals surface area contributed by atoms with E-state index in [0.29, 0.717) is 12.4 Å². The molecule has 2 atom stereocenters. The number of hydrogen-bond acceptors (Lipinski definition) is 3. The molecule has 2 amide bonds. The second-order valence-corrected chi connectivity index (χ2v) is 6.80. The number of benzene rings is 1. The molecule has 2 aliphatic rings. The van der Waals surface area contributed by atoms with E-state index in [9.17, 15) is 9.59 Å². The van der Waals surface area contributed by atoms with Crippen molar-refractivity contribution < 1.29 is 9.59 Å². The van der Waals surface area contributed by atoms with Crippen molar-refractivity contribution in [2.45, 2.75) is 39.2 Å². The lowest BCUT2D eigenvalue weighted by atomic mass is 9.81. The zero-order chi connectivity index (χ0) is 16.7. The summed E-state index contributed by atoms with van der Waals surface area (Å²) in [5.74, 6) is 0.0904. The summed E-state index contributed by atoms with van der Waals surface area (Å²) in [6.07, 6.45) is 3.73. The minimum Gasteiger partial charge on any atom is -0.274 e. The molecular formula is C19H21N3O2. The van der Waals surface area contributed by atoms with E-state index in [1.165, 1.54) is 4.90 Å². The predicted octanol–water partition coefficient (Wildman–Crippen LogP) is 2.92. The number of imide groups is 1. The number of aromatic nitrogens is 2. The van der Waals surface area contributed by atoms with Gasteiger partial charge in [-0.2, -0.15) is 5.10 Å². The molecule has 0 spiro atoms. The molecule has 0 bridgehead atoms. The molecule has 1 saturated heterocycles. The standard InChI is InChI=1S/C19H21N3O2/c1-13-11-17(20-21(13)12-14-7-3-2-4-8-14)22-18(23)15-9-5-6-10-16(15)19(22)24/h2-4,7-8,11,15-16H,5-6,9-10,12H2,1H3. The zero-order valence-corrected chi connectivity index (χ0v) is 13.8. The molecular weight excluding hydrogens is 302 g/mol. The third-order valence-corrected chi connectivity index (χ3v) is 5.21. The number of amides is 2. The summed E-state index contributed by atoms with van der Waals surface area (Å²) in [6.45, 7) is 2.59. The van der Waals surface area contributed by atoms with Gasteiger partial charge in [-0.25, -0.2) is 4.90 Å². The molecule has 1 aromatic heterocycles. The second kappa shape index (κ2) is 5.89. The Morgan fingerprint density at radius 2 is 1.67 bits per heavy atom. The van der Waals surface area contributed by atoms with Gasteiger partial charge in [0, 0.05) is 11.8 Å². The summed E-state index contributed by atoms with van der Waals surface area (Å²) in [5.41, 5.74) is 2.09. The van der Waals surface area contributed by atoms with Crippen molar-refractivity contribution in [2.24, 2.45) is 11.8 Å². The van der Waals surface area contributed by atoms with Crippen molar-refractivity contribution in [1.29, 1.82) is 0 Å². The molecule has 2 unspecified atom stereocenters. The van der Waals surface area contributed by atoms with Gasteiger partial charge >= 0.3 is 0 Å². The average molecular weight is 323 g/mol. The van der Waals surface area contributed by atoms with Crippen LogP contribution in [0.25, 0.3) is 0 Å². The Labute approximate surface area is 141 Å². The largest absolute Gasteiger partial charge is 0.274 e. The van der Waals surface area contributed by atoms with Crippen LogP contribution in [0.2, 0.25) is 0 Å². The molecule has 24 heavy (non-hydrogen) atoms. The lowest BCUT2D eigenvalue weighted by molar-refractivity contribution is -0.122. The summed E-state index contributed by atoms with van der Waals surface area (Å²) in [5, 5.41) is 4.55. The van der Waals surface area contributed by atoms with Gasteiger partial charge in [0.25, 0.3) is 0 Å². The topological polar surface area (TPSA) is 55.2 Å². The minimum atomic E-state index is -0.133. The maximum absolute atomic E-state index is 12.7. The van der Waals surface area contributed by atoms with Gasteiger partial charge in [-0.15, -0.1) is 0 Å². The molecule has 4 rings (SSSR count). The van der Waals surface area contributed by atoms with Crippen LogP contribution in [0.1, 0.15) is 36.9 Å². The molecule has 1 aliphatic carbocycles. The summed E-state index contributed by atoms with van der Waals surface area (Å²) in [6, 6.07) is 11.9. The highest BCUT2D eigenvalue weighted by molar-refractivity contribution is 6.21. The Bertz CT molecular complexity index is 757. The van der Waals surface area contributed by atoms with E-state index >= 15 is 0 Å². The number of anilines is 1. The summed E-state index contributed by atoms with van der Waals surface area (Å²) in [4.78, 5) is 26.7. The normalized spacial score (nSPS) is 23.6. The van der Waals surface area contributed by atoms with Gasteiger partial charge in [-0.05, 0) is 25.3 Å². The number of hydrogen-bond donors (Lipinski definition) is 0. The average Bonchev–Trinajstić information content (AvgIpc) is 3.07. The van der Waals surface area contributed by atoms with Crippen molar-refractivity contribution in [3.63, 3.8) is 0 Å². The first-order valence-electron chi connectivity index (χ1n) is 8.61. The summed E-state index contributed by atoms with van der Waals surface area (Å²) >= 11 is 0. The third kappa shape index (κ3) is 2.44. The minimum absolute atomic E-state index is 0.0611. The quantitative estimate of drug-likeness (QED) is 0.816. The molecule has 1 aromatic carbocycles. The third-order valence-electron chi connectivity index (χ3n) is 5.21. The predicted molar refractivity (Wildman–Crippen MR) is 90.4 cm³/mol. The van der Waals surface area contributed by atoms with Gasteiger partial charge in [-0.1, -0.05) is 43.2 Å². The van der Waals surface area contributed by atoms with E-state index in [1.54, 1.807) is 0 Å². The van der Waals surface area contributed by atoms with Crippen LogP contribution in [-0.4, -0.2) is 21.6 Å². The monoisotopic (exact) mass is 323 g/mol. The van der Waals surface area contributed by atoms with Crippen LogP contribution in [0.3, 0.4) is 0 Å². The Morgan fingerprint density at radius 3 is 2.29 bits per heavy atom. The van der Waals surface area contributed by atoms with Crippen LogP contribution < -0.4 is 4.90 Å². The van der Waals surface area contributed by atoms with Crippen LogP contribution in [0, 0.1) is 18.8 Å². The Kier molecular flexibility index (Phi) is 3.71. The van der Waals surface area contributed by atoms with Gasteiger partial charge in [0.15, 0.2) is 5.82 Å². The van der Waals surface area contributed by atoms with Gasteiger partial charge in [-0.3, -0.25) is 14.3 Å². The number of nitrogens with zero attached hydrogens (tertiary/aromatic N) is 3. The van der Waals surface area contributed by atoms with Crippen molar-refractivity contribution in [2.75, 3.05) is 4.90 Å². The molecule has 1 saturated carbocycles. The fourth-order valence-electron chi connectivity index (χ4n) is 3.91. The van der Waals surface area contributed by atoms with Crippen LogP contribution >= 0.6 is 0 Å². The van der Waals surface area contributed by atoms with Crippen LogP contribution in [0.5, 0.6) is 0 Å². The second-order valence-electron chi connectivity index (χ2n) is 6.80. The van der Waals surface area contributed by atoms with Gasteiger partial charge < -0.3 is 0 Å². The highest BCUT2D eigenvalue weighted by atomic mass is 16.2. The number of fused-ring (bicyclic) bond motifs is 1. The van der Waals surface area contributed by atoms with Crippen LogP contribution in [0.15, 0.2) is 36.4 Å². The number of carbonyl (C=O) groups excluding carboxylic acids is 2. The lowest BCUT2D eigenvalue weighted by Gasteiger charge is -2.19. The molecule has 0 N–H and O–H groups in total. The maximum Gasteiger partial charge on any atom is 0.238 e. The SMILES string of the molecule is Cc1cc(N2C(=O)C3CCCCC3C2=O)nn1Cc1ccccc1. The highest BCUT2D eigenvalue weighted by Crippen LogP contribution is 2.39. The first-order valence-corrected chi connectivity index (χ1v) is 8.61. The number of rotatable bonds is 3. The molecule has 5 nitrogen and oxygen atoms in total. The molecule has 2 heterocycles. The Morgan fingerprint density at radius 1 is 1.04 bits per heavy atom. The molecule has 2 aromatic rings. The molecule has 2 fully saturated rings. The molecule has 5 heteroatoms. The highest BCUT2D eigenvalue weighted by Gasteiger charge is 2.49. The maximum atomic E-state index is 12.7. The van der Waals surface area contributed by atoms with Crippen LogP contribution in [0.4, 0.5) is 5.82 Å². The fourth-order valence-corrected chi connectivity index (χ4v) is 3.91. The Hall–Kier alpha value is -2.43. The first kappa shape index (κ1) is 15.1. The van der Waals surface area contributed by atoms with Crippen molar-refractivity contribution in [1.82, 2.24) is 9.78 Å². The van der Waals surface area contributed by atoms with E-state index < -0.39 is 0 Å². The Balaban J connectivity index is 1.62. The van der Waals surface area contributed by atoms with Crippen molar-refractivity contribution in [3.8, 4) is 0 Å². The van der Waals surface area contributed by atoms with E-state index in [4.69, 9.17) is 0 Å². The lowest BCUT2D eigenvalue weighted by Crippen LogP contribution is -2.31. The summed E-state index contributed by atoms with van der Waals surface area (Å²) in [7, 11) is 0. The van der Waals surface area contributed by atoms with Crippen LogP contribution in [-0.2, 0) is 16.1 Å². The van der Waals surface area contributed by atoms with Crippen molar-refractivity contribution >= 4 is 17.6 Å². The zero-order valence-electron chi connectivity index (χ0n) is 13.8. The number of aryl methyl sites for hydroxylation is 1. The molecule has 0 radical (unpaired) electrons.